The van der Waals surface area contributed by atoms with Crippen molar-refractivity contribution in [2.24, 2.45) is 0 Å². The van der Waals surface area contributed by atoms with Crippen molar-refractivity contribution in [2.45, 2.75) is 18.9 Å². The Labute approximate surface area is 127 Å². The zero-order valence-electron chi connectivity index (χ0n) is 12.2. The number of H-pyrrole nitrogens is 1. The van der Waals surface area contributed by atoms with Crippen LogP contribution in [0.25, 0.3) is 0 Å². The minimum Gasteiger partial charge on any atom is -0.368 e. The van der Waals surface area contributed by atoms with E-state index in [4.69, 9.17) is 4.74 Å². The van der Waals surface area contributed by atoms with Gasteiger partial charge in [0.2, 0.25) is 0 Å². The molecule has 22 heavy (non-hydrogen) atoms. The fraction of sp³-hybridized carbons (Fsp3) is 0.571. The fourth-order valence-corrected chi connectivity index (χ4v) is 2.73. The Morgan fingerprint density at radius 1 is 1.18 bits per heavy atom. The quantitative estimate of drug-likeness (QED) is 0.774. The summed E-state index contributed by atoms with van der Waals surface area (Å²) in [5.74, 6) is -0.216. The van der Waals surface area contributed by atoms with Crippen molar-refractivity contribution in [1.29, 1.82) is 0 Å². The lowest BCUT2D eigenvalue weighted by Crippen LogP contribution is -2.53. The smallest absolute Gasteiger partial charge is 0.274 e. The molecule has 0 radical (unpaired) electrons. The van der Waals surface area contributed by atoms with Crippen molar-refractivity contribution in [3.8, 4) is 0 Å². The zero-order valence-corrected chi connectivity index (χ0v) is 12.2. The van der Waals surface area contributed by atoms with E-state index >= 15 is 0 Å². The minimum absolute atomic E-state index is 0.0202. The van der Waals surface area contributed by atoms with Gasteiger partial charge in [-0.2, -0.15) is 5.10 Å². The normalized spacial score (nSPS) is 21.9. The summed E-state index contributed by atoms with van der Waals surface area (Å²) in [6.07, 6.45) is 1.38. The molecule has 2 saturated heterocycles. The van der Waals surface area contributed by atoms with Gasteiger partial charge in [-0.1, -0.05) is 0 Å². The molecule has 0 aromatic carbocycles. The number of carbonyl (C=O) groups is 2. The van der Waals surface area contributed by atoms with Gasteiger partial charge in [-0.05, 0) is 18.9 Å². The van der Waals surface area contributed by atoms with Gasteiger partial charge in [-0.15, -0.1) is 0 Å². The summed E-state index contributed by atoms with van der Waals surface area (Å²) in [7, 11) is 0. The summed E-state index contributed by atoms with van der Waals surface area (Å²) in [4.78, 5) is 38.8. The Balaban J connectivity index is 1.57. The van der Waals surface area contributed by atoms with E-state index < -0.39 is 0 Å². The summed E-state index contributed by atoms with van der Waals surface area (Å²) < 4.78 is 5.41. The van der Waals surface area contributed by atoms with Crippen LogP contribution in [0.3, 0.4) is 0 Å². The summed E-state index contributed by atoms with van der Waals surface area (Å²) in [6, 6.07) is 2.68. The van der Waals surface area contributed by atoms with Gasteiger partial charge in [0.1, 0.15) is 11.8 Å². The van der Waals surface area contributed by atoms with E-state index in [2.05, 4.69) is 10.2 Å². The lowest BCUT2D eigenvalue weighted by atomic mass is 10.2. The van der Waals surface area contributed by atoms with Crippen molar-refractivity contribution < 1.29 is 14.3 Å². The second-order valence-corrected chi connectivity index (χ2v) is 5.43. The second kappa shape index (κ2) is 6.27. The molecule has 2 fully saturated rings. The highest BCUT2D eigenvalue weighted by molar-refractivity contribution is 5.92. The zero-order chi connectivity index (χ0) is 15.5. The molecule has 1 N–H and O–H groups in total. The van der Waals surface area contributed by atoms with E-state index in [9.17, 15) is 14.4 Å². The molecule has 0 aliphatic carbocycles. The van der Waals surface area contributed by atoms with E-state index in [1.54, 1.807) is 9.80 Å². The number of nitrogens with one attached hydrogen (secondary N) is 1. The van der Waals surface area contributed by atoms with E-state index in [0.29, 0.717) is 32.8 Å². The summed E-state index contributed by atoms with van der Waals surface area (Å²) in [5, 5.41) is 5.99. The Morgan fingerprint density at radius 3 is 2.50 bits per heavy atom. The molecule has 0 saturated carbocycles. The first-order valence-corrected chi connectivity index (χ1v) is 7.40. The van der Waals surface area contributed by atoms with E-state index in [1.807, 2.05) is 0 Å². The molecule has 8 nitrogen and oxygen atoms in total. The van der Waals surface area contributed by atoms with Crippen molar-refractivity contribution in [1.82, 2.24) is 20.0 Å². The third-order valence-corrected chi connectivity index (χ3v) is 3.98. The lowest BCUT2D eigenvalue weighted by molar-refractivity contribution is -0.142. The minimum atomic E-state index is -0.344. The fourth-order valence-electron chi connectivity index (χ4n) is 2.73. The molecule has 2 aliphatic rings. The van der Waals surface area contributed by atoms with Gasteiger partial charge in [-0.3, -0.25) is 14.4 Å². The highest BCUT2D eigenvalue weighted by atomic mass is 16.5. The standard InChI is InChI=1S/C14H18N4O4/c19-12-4-3-10(15-16-12)13(20)17-5-7-18(8-6-17)14(21)11-2-1-9-22-11/h3-4,11H,1-2,5-9H2,(H,16,19). The second-order valence-electron chi connectivity index (χ2n) is 5.43. The van der Waals surface area contributed by atoms with E-state index in [1.165, 1.54) is 12.1 Å². The molecule has 1 aromatic heterocycles. The van der Waals surface area contributed by atoms with Gasteiger partial charge in [0.05, 0.1) is 0 Å². The van der Waals surface area contributed by atoms with Crippen LogP contribution in [0.1, 0.15) is 23.3 Å². The van der Waals surface area contributed by atoms with Crippen molar-refractivity contribution >= 4 is 11.8 Å². The average Bonchev–Trinajstić information content (AvgIpc) is 3.09. The Morgan fingerprint density at radius 2 is 1.91 bits per heavy atom. The van der Waals surface area contributed by atoms with Crippen molar-refractivity contribution in [2.75, 3.05) is 32.8 Å². The molecule has 3 rings (SSSR count). The van der Waals surface area contributed by atoms with Gasteiger partial charge < -0.3 is 14.5 Å². The van der Waals surface area contributed by atoms with Crippen LogP contribution in [0.4, 0.5) is 0 Å². The van der Waals surface area contributed by atoms with Gasteiger partial charge in [0.15, 0.2) is 0 Å². The topological polar surface area (TPSA) is 95.6 Å². The maximum atomic E-state index is 12.3. The molecule has 1 aromatic rings. The van der Waals surface area contributed by atoms with Crippen LogP contribution in [0, 0.1) is 0 Å². The van der Waals surface area contributed by atoms with Crippen LogP contribution < -0.4 is 5.56 Å². The Kier molecular flexibility index (Phi) is 4.19. The first-order valence-electron chi connectivity index (χ1n) is 7.40. The highest BCUT2D eigenvalue weighted by Gasteiger charge is 2.31. The summed E-state index contributed by atoms with van der Waals surface area (Å²) >= 11 is 0. The number of carbonyl (C=O) groups excluding carboxylic acids is 2. The predicted molar refractivity (Wildman–Crippen MR) is 76.3 cm³/mol. The van der Waals surface area contributed by atoms with Gasteiger partial charge in [0, 0.05) is 38.9 Å². The molecular weight excluding hydrogens is 288 g/mol. The number of hydrogen-bond donors (Lipinski definition) is 1. The predicted octanol–water partition coefficient (Wildman–Crippen LogP) is -0.767. The third kappa shape index (κ3) is 3.01. The number of ether oxygens (including phenoxy) is 1. The Bertz CT molecular complexity index is 595. The maximum absolute atomic E-state index is 12.3. The van der Waals surface area contributed by atoms with E-state index in [0.717, 1.165) is 12.8 Å². The van der Waals surface area contributed by atoms with Crippen molar-refractivity contribution in [3.05, 3.63) is 28.2 Å². The number of rotatable bonds is 2. The third-order valence-electron chi connectivity index (χ3n) is 3.98. The number of nitrogens with zero attached hydrogens (tertiary/aromatic N) is 3. The van der Waals surface area contributed by atoms with Crippen LogP contribution in [0.5, 0.6) is 0 Å². The molecule has 3 heterocycles. The number of piperazine rings is 1. The number of hydrogen-bond acceptors (Lipinski definition) is 5. The first-order chi connectivity index (χ1) is 10.6. The largest absolute Gasteiger partial charge is 0.368 e. The molecule has 1 atom stereocenters. The molecule has 0 spiro atoms. The molecule has 2 amide bonds. The Hall–Kier alpha value is -2.22. The lowest BCUT2D eigenvalue weighted by Gasteiger charge is -2.35. The van der Waals surface area contributed by atoms with Crippen LogP contribution in [0.2, 0.25) is 0 Å². The SMILES string of the molecule is O=C(c1ccc(=O)[nH]n1)N1CCN(C(=O)C2CCCO2)CC1. The van der Waals surface area contributed by atoms with Gasteiger partial charge in [-0.25, -0.2) is 5.10 Å². The van der Waals surface area contributed by atoms with E-state index in [-0.39, 0.29) is 29.2 Å². The summed E-state index contributed by atoms with van der Waals surface area (Å²) in [6.45, 7) is 2.55. The molecular formula is C14H18N4O4. The number of aromatic nitrogens is 2. The maximum Gasteiger partial charge on any atom is 0.274 e. The van der Waals surface area contributed by atoms with Crippen molar-refractivity contribution in [3.63, 3.8) is 0 Å². The van der Waals surface area contributed by atoms with Crippen LogP contribution in [-0.2, 0) is 9.53 Å². The van der Waals surface area contributed by atoms with Crippen LogP contribution >= 0.6 is 0 Å². The van der Waals surface area contributed by atoms with Gasteiger partial charge >= 0.3 is 0 Å². The first kappa shape index (κ1) is 14.7. The molecule has 2 aliphatic heterocycles. The molecule has 8 heteroatoms. The van der Waals surface area contributed by atoms with Crippen LogP contribution in [0.15, 0.2) is 16.9 Å². The van der Waals surface area contributed by atoms with Crippen LogP contribution in [-0.4, -0.2) is 70.7 Å². The molecule has 1 unspecified atom stereocenters. The monoisotopic (exact) mass is 306 g/mol. The average molecular weight is 306 g/mol. The van der Waals surface area contributed by atoms with Gasteiger partial charge in [0.25, 0.3) is 17.4 Å². The number of aromatic amines is 1. The molecule has 118 valence electrons. The molecule has 0 bridgehead atoms. The summed E-state index contributed by atoms with van der Waals surface area (Å²) in [5.41, 5.74) is -0.137. The highest BCUT2D eigenvalue weighted by Crippen LogP contribution is 2.16. The number of amides is 2.